The topological polar surface area (TPSA) is 83.0 Å². The number of hydrogen-bond acceptors (Lipinski definition) is 6. The maximum Gasteiger partial charge on any atom is 0.244 e. The summed E-state index contributed by atoms with van der Waals surface area (Å²) < 4.78 is 0. The van der Waals surface area contributed by atoms with Gasteiger partial charge in [-0.25, -0.2) is 0 Å². The molecule has 7 nitrogen and oxygen atoms in total. The molecule has 0 radical (unpaired) electrons. The number of carbonyl (C=O) groups is 1. The molecular formula is C13H23ClN6O. The highest BCUT2D eigenvalue weighted by Crippen LogP contribution is 2.11. The molecule has 8 heteroatoms. The smallest absolute Gasteiger partial charge is 0.244 e. The van der Waals surface area contributed by atoms with Crippen LogP contribution in [0.5, 0.6) is 0 Å². The molecule has 1 amide bonds. The molecule has 0 bridgehead atoms. The Labute approximate surface area is 130 Å². The van der Waals surface area contributed by atoms with Crippen molar-refractivity contribution in [2.24, 2.45) is 0 Å². The minimum absolute atomic E-state index is 0.000368. The summed E-state index contributed by atoms with van der Waals surface area (Å²) >= 11 is 5.87. The Morgan fingerprint density at radius 1 is 1.19 bits per heavy atom. The van der Waals surface area contributed by atoms with E-state index < -0.39 is 6.04 Å². The molecule has 0 saturated carbocycles. The predicted octanol–water partition coefficient (Wildman–Crippen LogP) is 2.02. The lowest BCUT2D eigenvalue weighted by atomic mass is 10.3. The van der Waals surface area contributed by atoms with Gasteiger partial charge in [0.1, 0.15) is 6.04 Å². The molecule has 0 spiro atoms. The van der Waals surface area contributed by atoms with E-state index in [-0.39, 0.29) is 11.2 Å². The van der Waals surface area contributed by atoms with Crippen LogP contribution >= 0.6 is 11.6 Å². The molecule has 118 valence electrons. The second-order valence-corrected chi connectivity index (χ2v) is 4.89. The van der Waals surface area contributed by atoms with Gasteiger partial charge in [-0.15, -0.1) is 0 Å². The lowest BCUT2D eigenvalue weighted by Crippen LogP contribution is -2.41. The van der Waals surface area contributed by atoms with Gasteiger partial charge in [-0.2, -0.15) is 15.0 Å². The number of nitrogens with one attached hydrogen (secondary N) is 2. The van der Waals surface area contributed by atoms with Gasteiger partial charge in [0, 0.05) is 19.6 Å². The van der Waals surface area contributed by atoms with Crippen molar-refractivity contribution in [2.45, 2.75) is 40.2 Å². The van der Waals surface area contributed by atoms with Crippen molar-refractivity contribution in [3.8, 4) is 0 Å². The molecular weight excluding hydrogens is 292 g/mol. The van der Waals surface area contributed by atoms with Crippen LogP contribution in [0.2, 0.25) is 5.28 Å². The summed E-state index contributed by atoms with van der Waals surface area (Å²) in [6, 6.07) is -0.428. The van der Waals surface area contributed by atoms with E-state index in [0.29, 0.717) is 25.0 Å². The predicted molar refractivity (Wildman–Crippen MR) is 84.6 cm³/mol. The molecule has 21 heavy (non-hydrogen) atoms. The van der Waals surface area contributed by atoms with E-state index in [0.717, 1.165) is 13.0 Å². The molecule has 0 aliphatic rings. The molecule has 1 atom stereocenters. The summed E-state index contributed by atoms with van der Waals surface area (Å²) in [5.41, 5.74) is 0. The van der Waals surface area contributed by atoms with Crippen LogP contribution in [0, 0.1) is 0 Å². The van der Waals surface area contributed by atoms with Crippen molar-refractivity contribution >= 4 is 29.4 Å². The molecule has 1 aromatic heterocycles. The highest BCUT2D eigenvalue weighted by Gasteiger charge is 2.19. The number of anilines is 2. The summed E-state index contributed by atoms with van der Waals surface area (Å²) in [4.78, 5) is 26.1. The average Bonchev–Trinajstić information content (AvgIpc) is 2.45. The standard InChI is InChI=1S/C13H23ClN6O/c1-5-8-15-12-17-11(14)18-13(19-12)16-9(4)10(21)20(6-2)7-3/h9H,5-8H2,1-4H3,(H2,15,16,17,18,19). The number of hydrogen-bond donors (Lipinski definition) is 2. The number of aromatic nitrogens is 3. The van der Waals surface area contributed by atoms with Gasteiger partial charge in [0.25, 0.3) is 0 Å². The van der Waals surface area contributed by atoms with Crippen molar-refractivity contribution < 1.29 is 4.79 Å². The highest BCUT2D eigenvalue weighted by molar-refractivity contribution is 6.28. The summed E-state index contributed by atoms with van der Waals surface area (Å²) in [5, 5.41) is 6.10. The van der Waals surface area contributed by atoms with Crippen LogP contribution in [0.1, 0.15) is 34.1 Å². The molecule has 0 aliphatic carbocycles. The van der Waals surface area contributed by atoms with Gasteiger partial charge >= 0.3 is 0 Å². The second kappa shape index (κ2) is 8.61. The Bertz CT molecular complexity index is 466. The summed E-state index contributed by atoms with van der Waals surface area (Å²) in [6.45, 7) is 9.79. The van der Waals surface area contributed by atoms with Crippen LogP contribution in [0.3, 0.4) is 0 Å². The van der Waals surface area contributed by atoms with Crippen LogP contribution < -0.4 is 10.6 Å². The van der Waals surface area contributed by atoms with Gasteiger partial charge in [-0.3, -0.25) is 4.79 Å². The molecule has 1 rings (SSSR count). The lowest BCUT2D eigenvalue weighted by molar-refractivity contribution is -0.131. The Kier molecular flexibility index (Phi) is 7.14. The first-order valence-corrected chi connectivity index (χ1v) is 7.60. The lowest BCUT2D eigenvalue weighted by Gasteiger charge is -2.23. The Morgan fingerprint density at radius 2 is 1.81 bits per heavy atom. The molecule has 0 fully saturated rings. The number of likely N-dealkylation sites (N-methyl/N-ethyl adjacent to an activating group) is 1. The Balaban J connectivity index is 2.77. The zero-order valence-electron chi connectivity index (χ0n) is 13.0. The zero-order chi connectivity index (χ0) is 15.8. The van der Waals surface area contributed by atoms with E-state index >= 15 is 0 Å². The van der Waals surface area contributed by atoms with Crippen LogP contribution in [-0.4, -0.2) is 51.4 Å². The van der Waals surface area contributed by atoms with Crippen molar-refractivity contribution in [1.29, 1.82) is 0 Å². The van der Waals surface area contributed by atoms with Crippen LogP contribution in [-0.2, 0) is 4.79 Å². The maximum absolute atomic E-state index is 12.2. The third-order valence-electron chi connectivity index (χ3n) is 2.93. The monoisotopic (exact) mass is 314 g/mol. The average molecular weight is 315 g/mol. The zero-order valence-corrected chi connectivity index (χ0v) is 13.7. The Hall–Kier alpha value is -1.63. The molecule has 1 aromatic rings. The fourth-order valence-electron chi connectivity index (χ4n) is 1.80. The van der Waals surface area contributed by atoms with Crippen molar-refractivity contribution in [3.05, 3.63) is 5.28 Å². The van der Waals surface area contributed by atoms with Crippen molar-refractivity contribution in [2.75, 3.05) is 30.3 Å². The van der Waals surface area contributed by atoms with E-state index in [1.807, 2.05) is 20.8 Å². The van der Waals surface area contributed by atoms with Gasteiger partial charge in [0.15, 0.2) is 0 Å². The first-order valence-electron chi connectivity index (χ1n) is 7.22. The highest BCUT2D eigenvalue weighted by atomic mass is 35.5. The largest absolute Gasteiger partial charge is 0.354 e. The number of rotatable bonds is 8. The van der Waals surface area contributed by atoms with Crippen molar-refractivity contribution in [3.63, 3.8) is 0 Å². The number of nitrogens with zero attached hydrogens (tertiary/aromatic N) is 4. The first-order chi connectivity index (χ1) is 10.0. The molecule has 1 heterocycles. The minimum Gasteiger partial charge on any atom is -0.354 e. The van der Waals surface area contributed by atoms with Gasteiger partial charge in [-0.05, 0) is 38.8 Å². The maximum atomic E-state index is 12.2. The third kappa shape index (κ3) is 5.34. The van der Waals surface area contributed by atoms with Crippen LogP contribution in [0.15, 0.2) is 0 Å². The number of halogens is 1. The van der Waals surface area contributed by atoms with E-state index in [9.17, 15) is 4.79 Å². The van der Waals surface area contributed by atoms with E-state index in [1.165, 1.54) is 0 Å². The molecule has 0 aliphatic heterocycles. The van der Waals surface area contributed by atoms with Crippen LogP contribution in [0.4, 0.5) is 11.9 Å². The fourth-order valence-corrected chi connectivity index (χ4v) is 1.96. The minimum atomic E-state index is -0.428. The third-order valence-corrected chi connectivity index (χ3v) is 3.10. The molecule has 1 unspecified atom stereocenters. The van der Waals surface area contributed by atoms with E-state index in [4.69, 9.17) is 11.6 Å². The van der Waals surface area contributed by atoms with E-state index in [2.05, 4.69) is 25.6 Å². The van der Waals surface area contributed by atoms with Crippen LogP contribution in [0.25, 0.3) is 0 Å². The van der Waals surface area contributed by atoms with Gasteiger partial charge in [0.2, 0.25) is 23.1 Å². The SMILES string of the molecule is CCCNc1nc(Cl)nc(NC(C)C(=O)N(CC)CC)n1. The molecule has 0 saturated heterocycles. The first kappa shape index (κ1) is 17.4. The summed E-state index contributed by atoms with van der Waals surface area (Å²) in [7, 11) is 0. The normalized spacial score (nSPS) is 11.9. The van der Waals surface area contributed by atoms with E-state index in [1.54, 1.807) is 11.8 Å². The number of amides is 1. The summed E-state index contributed by atoms with van der Waals surface area (Å²) in [6.07, 6.45) is 0.947. The Morgan fingerprint density at radius 3 is 2.38 bits per heavy atom. The molecule has 0 aromatic carbocycles. The van der Waals surface area contributed by atoms with Gasteiger partial charge in [0.05, 0.1) is 0 Å². The van der Waals surface area contributed by atoms with Gasteiger partial charge in [-0.1, -0.05) is 6.92 Å². The van der Waals surface area contributed by atoms with Gasteiger partial charge < -0.3 is 15.5 Å². The number of carbonyl (C=O) groups excluding carboxylic acids is 1. The molecule has 2 N–H and O–H groups in total. The summed E-state index contributed by atoms with van der Waals surface area (Å²) in [5.74, 6) is 0.697. The second-order valence-electron chi connectivity index (χ2n) is 4.55. The fraction of sp³-hybridized carbons (Fsp3) is 0.692. The van der Waals surface area contributed by atoms with Crippen molar-refractivity contribution in [1.82, 2.24) is 19.9 Å². The quantitative estimate of drug-likeness (QED) is 0.764.